The van der Waals surface area contributed by atoms with Gasteiger partial charge < -0.3 is 10.6 Å². The highest BCUT2D eigenvalue weighted by molar-refractivity contribution is 6.01. The van der Waals surface area contributed by atoms with Crippen LogP contribution in [0.1, 0.15) is 30.4 Å². The Hall–Kier alpha value is -2.62. The van der Waals surface area contributed by atoms with Gasteiger partial charge in [-0.1, -0.05) is 37.3 Å². The molecule has 4 nitrogen and oxygen atoms in total. The van der Waals surface area contributed by atoms with Crippen LogP contribution >= 0.6 is 0 Å². The highest BCUT2D eigenvalue weighted by Gasteiger charge is 2.21. The molecule has 2 amide bonds. The molecular weight excluding hydrogens is 276 g/mol. The van der Waals surface area contributed by atoms with E-state index in [-0.39, 0.29) is 17.7 Å². The molecule has 2 aromatic rings. The highest BCUT2D eigenvalue weighted by atomic mass is 16.2. The SMILES string of the molecule is CCC(C(=O)Nc1ccc2c(c1)CC(=O)N2)c1ccccc1. The molecule has 1 unspecified atom stereocenters. The van der Waals surface area contributed by atoms with Gasteiger partial charge in [0.15, 0.2) is 0 Å². The molecule has 3 rings (SSSR count). The summed E-state index contributed by atoms with van der Waals surface area (Å²) < 4.78 is 0. The molecule has 1 heterocycles. The Labute approximate surface area is 129 Å². The van der Waals surface area contributed by atoms with Crippen LogP contribution in [0.4, 0.5) is 11.4 Å². The minimum absolute atomic E-state index is 0.00537. The van der Waals surface area contributed by atoms with Crippen LogP contribution in [-0.4, -0.2) is 11.8 Å². The molecule has 112 valence electrons. The van der Waals surface area contributed by atoms with E-state index in [0.29, 0.717) is 6.42 Å². The highest BCUT2D eigenvalue weighted by Crippen LogP contribution is 2.27. The van der Waals surface area contributed by atoms with Gasteiger partial charge in [-0.15, -0.1) is 0 Å². The van der Waals surface area contributed by atoms with E-state index in [1.54, 1.807) is 0 Å². The number of fused-ring (bicyclic) bond motifs is 1. The summed E-state index contributed by atoms with van der Waals surface area (Å²) in [6.45, 7) is 2.00. The zero-order valence-corrected chi connectivity index (χ0v) is 12.4. The largest absolute Gasteiger partial charge is 0.326 e. The molecule has 0 saturated carbocycles. The number of carbonyl (C=O) groups is 2. The number of nitrogens with one attached hydrogen (secondary N) is 2. The first-order valence-electron chi connectivity index (χ1n) is 7.46. The molecular formula is C18H18N2O2. The number of rotatable bonds is 4. The van der Waals surface area contributed by atoms with E-state index in [1.165, 1.54) is 0 Å². The molecule has 4 heteroatoms. The topological polar surface area (TPSA) is 58.2 Å². The second-order valence-electron chi connectivity index (χ2n) is 5.46. The van der Waals surface area contributed by atoms with Crippen LogP contribution in [0.15, 0.2) is 48.5 Å². The number of hydrogen-bond donors (Lipinski definition) is 2. The predicted octanol–water partition coefficient (Wildman–Crippen LogP) is 3.31. The Morgan fingerprint density at radius 1 is 1.23 bits per heavy atom. The predicted molar refractivity (Wildman–Crippen MR) is 86.9 cm³/mol. The molecule has 2 N–H and O–H groups in total. The van der Waals surface area contributed by atoms with Crippen molar-refractivity contribution in [2.45, 2.75) is 25.7 Å². The van der Waals surface area contributed by atoms with E-state index in [0.717, 1.165) is 28.9 Å². The van der Waals surface area contributed by atoms with Crippen LogP contribution in [0.5, 0.6) is 0 Å². The zero-order valence-electron chi connectivity index (χ0n) is 12.4. The summed E-state index contributed by atoms with van der Waals surface area (Å²) in [6, 6.07) is 15.3. The lowest BCUT2D eigenvalue weighted by atomic mass is 9.95. The van der Waals surface area contributed by atoms with Gasteiger partial charge in [0, 0.05) is 11.4 Å². The van der Waals surface area contributed by atoms with Crippen LogP contribution in [0.25, 0.3) is 0 Å². The van der Waals surface area contributed by atoms with E-state index in [4.69, 9.17) is 0 Å². The Bertz CT molecular complexity index is 710. The number of carbonyl (C=O) groups excluding carboxylic acids is 2. The lowest BCUT2D eigenvalue weighted by Gasteiger charge is -2.15. The van der Waals surface area contributed by atoms with Crippen molar-refractivity contribution in [3.63, 3.8) is 0 Å². The standard InChI is InChI=1S/C18H18N2O2/c1-2-15(12-6-4-3-5-7-12)18(22)19-14-8-9-16-13(10-14)11-17(21)20-16/h3-10,15H,2,11H2,1H3,(H,19,22)(H,20,21). The van der Waals surface area contributed by atoms with Crippen LogP contribution < -0.4 is 10.6 Å². The van der Waals surface area contributed by atoms with Gasteiger partial charge >= 0.3 is 0 Å². The van der Waals surface area contributed by atoms with Crippen LogP contribution in [-0.2, 0) is 16.0 Å². The summed E-state index contributed by atoms with van der Waals surface area (Å²) in [6.07, 6.45) is 1.11. The lowest BCUT2D eigenvalue weighted by Crippen LogP contribution is -2.20. The molecule has 0 radical (unpaired) electrons. The summed E-state index contributed by atoms with van der Waals surface area (Å²) in [5.74, 6) is -0.200. The molecule has 0 fully saturated rings. The number of benzene rings is 2. The first-order chi connectivity index (χ1) is 10.7. The summed E-state index contributed by atoms with van der Waals surface area (Å²) in [4.78, 5) is 23.9. The van der Waals surface area contributed by atoms with Crippen molar-refractivity contribution in [1.29, 1.82) is 0 Å². The monoisotopic (exact) mass is 294 g/mol. The number of amides is 2. The van der Waals surface area contributed by atoms with Crippen molar-refractivity contribution in [3.05, 3.63) is 59.7 Å². The van der Waals surface area contributed by atoms with Crippen LogP contribution in [0.2, 0.25) is 0 Å². The minimum atomic E-state index is -0.172. The molecule has 0 saturated heterocycles. The van der Waals surface area contributed by atoms with Gasteiger partial charge in [-0.3, -0.25) is 9.59 Å². The summed E-state index contributed by atoms with van der Waals surface area (Å²) >= 11 is 0. The van der Waals surface area contributed by atoms with E-state index in [1.807, 2.05) is 55.5 Å². The van der Waals surface area contributed by atoms with E-state index >= 15 is 0 Å². The molecule has 0 aliphatic carbocycles. The first kappa shape index (κ1) is 14.3. The Morgan fingerprint density at radius 2 is 2.00 bits per heavy atom. The quantitative estimate of drug-likeness (QED) is 0.909. The average Bonchev–Trinajstić information content (AvgIpc) is 2.88. The van der Waals surface area contributed by atoms with E-state index < -0.39 is 0 Å². The molecule has 0 aromatic heterocycles. The van der Waals surface area contributed by atoms with Crippen LogP contribution in [0, 0.1) is 0 Å². The zero-order chi connectivity index (χ0) is 15.5. The van der Waals surface area contributed by atoms with Gasteiger partial charge in [0.25, 0.3) is 0 Å². The third-order valence-electron chi connectivity index (χ3n) is 3.92. The number of anilines is 2. The number of hydrogen-bond acceptors (Lipinski definition) is 2. The van der Waals surface area contributed by atoms with E-state index in [2.05, 4.69) is 10.6 Å². The fraction of sp³-hybridized carbons (Fsp3) is 0.222. The second-order valence-corrected chi connectivity index (χ2v) is 5.46. The van der Waals surface area contributed by atoms with Crippen molar-refractivity contribution in [3.8, 4) is 0 Å². The molecule has 0 spiro atoms. The van der Waals surface area contributed by atoms with Gasteiger partial charge in [-0.05, 0) is 35.7 Å². The normalized spacial score (nSPS) is 14.1. The van der Waals surface area contributed by atoms with Crippen molar-refractivity contribution < 1.29 is 9.59 Å². The van der Waals surface area contributed by atoms with Gasteiger partial charge in [0.05, 0.1) is 12.3 Å². The molecule has 0 bridgehead atoms. The molecule has 1 atom stereocenters. The second kappa shape index (κ2) is 6.02. The maximum absolute atomic E-state index is 12.5. The molecule has 1 aliphatic heterocycles. The molecule has 1 aliphatic rings. The van der Waals surface area contributed by atoms with E-state index in [9.17, 15) is 9.59 Å². The third-order valence-corrected chi connectivity index (χ3v) is 3.92. The lowest BCUT2D eigenvalue weighted by molar-refractivity contribution is -0.117. The Morgan fingerprint density at radius 3 is 2.73 bits per heavy atom. The smallest absolute Gasteiger partial charge is 0.231 e. The third kappa shape index (κ3) is 2.86. The van der Waals surface area contributed by atoms with Gasteiger partial charge in [-0.2, -0.15) is 0 Å². The summed E-state index contributed by atoms with van der Waals surface area (Å²) in [5, 5.41) is 5.74. The first-order valence-corrected chi connectivity index (χ1v) is 7.46. The van der Waals surface area contributed by atoms with Crippen LogP contribution in [0.3, 0.4) is 0 Å². The van der Waals surface area contributed by atoms with Crippen molar-refractivity contribution >= 4 is 23.2 Å². The maximum Gasteiger partial charge on any atom is 0.231 e. The average molecular weight is 294 g/mol. The Balaban J connectivity index is 1.77. The van der Waals surface area contributed by atoms with Gasteiger partial charge in [0.1, 0.15) is 0 Å². The van der Waals surface area contributed by atoms with Crippen molar-refractivity contribution in [1.82, 2.24) is 0 Å². The fourth-order valence-corrected chi connectivity index (χ4v) is 2.79. The van der Waals surface area contributed by atoms with Gasteiger partial charge in [-0.25, -0.2) is 0 Å². The summed E-state index contributed by atoms with van der Waals surface area (Å²) in [7, 11) is 0. The molecule has 22 heavy (non-hydrogen) atoms. The molecule has 2 aromatic carbocycles. The maximum atomic E-state index is 12.5. The Kier molecular flexibility index (Phi) is 3.92. The minimum Gasteiger partial charge on any atom is -0.326 e. The summed E-state index contributed by atoms with van der Waals surface area (Å²) in [5.41, 5.74) is 3.50. The van der Waals surface area contributed by atoms with Crippen molar-refractivity contribution in [2.75, 3.05) is 10.6 Å². The fourth-order valence-electron chi connectivity index (χ4n) is 2.79. The van der Waals surface area contributed by atoms with Gasteiger partial charge in [0.2, 0.25) is 11.8 Å². The van der Waals surface area contributed by atoms with Crippen molar-refractivity contribution in [2.24, 2.45) is 0 Å².